The molecule has 2 aliphatic rings. The highest BCUT2D eigenvalue weighted by molar-refractivity contribution is 5.85. The van der Waals surface area contributed by atoms with E-state index in [9.17, 15) is 4.79 Å². The van der Waals surface area contributed by atoms with E-state index in [1.54, 1.807) is 0 Å². The van der Waals surface area contributed by atoms with Crippen molar-refractivity contribution in [1.82, 2.24) is 10.6 Å². The van der Waals surface area contributed by atoms with Gasteiger partial charge in [-0.25, -0.2) is 0 Å². The molecule has 0 spiro atoms. The van der Waals surface area contributed by atoms with Crippen LogP contribution in [0.5, 0.6) is 0 Å². The number of hydrogen-bond acceptors (Lipinski definition) is 3. The van der Waals surface area contributed by atoms with E-state index >= 15 is 0 Å². The molecular formula is C12H23ClN2O2. The van der Waals surface area contributed by atoms with Crippen molar-refractivity contribution in [2.24, 2.45) is 5.92 Å². The molecule has 0 radical (unpaired) electrons. The Bertz CT molecular complexity index is 247. The van der Waals surface area contributed by atoms with Crippen LogP contribution in [0.15, 0.2) is 0 Å². The molecule has 2 saturated heterocycles. The standard InChI is InChI=1S/C12H22N2O2.ClH/c1-8-5-6-13-9(2)11(8)14-12(15)10-4-3-7-16-10;/h8-11,13H,3-7H2,1-2H3,(H,14,15);1H/t8?,9?,10-,11?;/m0./s1. The van der Waals surface area contributed by atoms with Gasteiger partial charge in [-0.15, -0.1) is 12.4 Å². The molecule has 2 fully saturated rings. The third-order valence-corrected chi connectivity index (χ3v) is 3.75. The second kappa shape index (κ2) is 6.57. The van der Waals surface area contributed by atoms with Crippen molar-refractivity contribution in [1.29, 1.82) is 0 Å². The third kappa shape index (κ3) is 3.57. The van der Waals surface area contributed by atoms with E-state index in [0.717, 1.165) is 32.4 Å². The summed E-state index contributed by atoms with van der Waals surface area (Å²) in [5.74, 6) is 0.617. The zero-order valence-electron chi connectivity index (χ0n) is 10.6. The van der Waals surface area contributed by atoms with Crippen molar-refractivity contribution < 1.29 is 9.53 Å². The highest BCUT2D eigenvalue weighted by Gasteiger charge is 2.32. The molecule has 0 bridgehead atoms. The van der Waals surface area contributed by atoms with Crippen LogP contribution in [0.4, 0.5) is 0 Å². The van der Waals surface area contributed by atoms with Crippen molar-refractivity contribution in [3.8, 4) is 0 Å². The first-order valence-corrected chi connectivity index (χ1v) is 6.34. The van der Waals surface area contributed by atoms with Crippen molar-refractivity contribution in [2.75, 3.05) is 13.2 Å². The Labute approximate surface area is 109 Å². The van der Waals surface area contributed by atoms with Crippen LogP contribution in [0.3, 0.4) is 0 Å². The van der Waals surface area contributed by atoms with Gasteiger partial charge >= 0.3 is 0 Å². The van der Waals surface area contributed by atoms with E-state index in [4.69, 9.17) is 4.74 Å². The van der Waals surface area contributed by atoms with E-state index in [-0.39, 0.29) is 30.5 Å². The largest absolute Gasteiger partial charge is 0.368 e. The average Bonchev–Trinajstić information content (AvgIpc) is 2.76. The number of hydrogen-bond donors (Lipinski definition) is 2. The minimum Gasteiger partial charge on any atom is -0.368 e. The quantitative estimate of drug-likeness (QED) is 0.783. The Balaban J connectivity index is 0.00000144. The molecule has 0 aliphatic carbocycles. The lowest BCUT2D eigenvalue weighted by atomic mass is 9.89. The van der Waals surface area contributed by atoms with Gasteiger partial charge in [-0.1, -0.05) is 6.92 Å². The highest BCUT2D eigenvalue weighted by atomic mass is 35.5. The van der Waals surface area contributed by atoms with Crippen molar-refractivity contribution in [2.45, 2.75) is 51.3 Å². The summed E-state index contributed by atoms with van der Waals surface area (Å²) in [6.07, 6.45) is 2.79. The van der Waals surface area contributed by atoms with Crippen molar-refractivity contribution in [3.05, 3.63) is 0 Å². The molecule has 1 amide bonds. The maximum absolute atomic E-state index is 11.9. The van der Waals surface area contributed by atoms with Gasteiger partial charge in [-0.2, -0.15) is 0 Å². The van der Waals surface area contributed by atoms with Crippen LogP contribution in [0.2, 0.25) is 0 Å². The van der Waals surface area contributed by atoms with Gasteiger partial charge in [0.15, 0.2) is 0 Å². The Morgan fingerprint density at radius 1 is 1.35 bits per heavy atom. The topological polar surface area (TPSA) is 50.4 Å². The van der Waals surface area contributed by atoms with Gasteiger partial charge in [-0.3, -0.25) is 4.79 Å². The van der Waals surface area contributed by atoms with Gasteiger partial charge in [0.25, 0.3) is 0 Å². The van der Waals surface area contributed by atoms with E-state index < -0.39 is 0 Å². The molecule has 4 nitrogen and oxygen atoms in total. The van der Waals surface area contributed by atoms with Crippen LogP contribution in [-0.4, -0.2) is 37.2 Å². The van der Waals surface area contributed by atoms with E-state index in [1.807, 2.05) is 0 Å². The minimum absolute atomic E-state index is 0. The van der Waals surface area contributed by atoms with E-state index in [0.29, 0.717) is 12.0 Å². The lowest BCUT2D eigenvalue weighted by Crippen LogP contribution is -2.57. The molecule has 17 heavy (non-hydrogen) atoms. The van der Waals surface area contributed by atoms with Crippen LogP contribution in [0, 0.1) is 5.92 Å². The number of carbonyl (C=O) groups excluding carboxylic acids is 1. The monoisotopic (exact) mass is 262 g/mol. The molecule has 5 heteroatoms. The second-order valence-corrected chi connectivity index (χ2v) is 5.04. The zero-order chi connectivity index (χ0) is 11.5. The summed E-state index contributed by atoms with van der Waals surface area (Å²) in [7, 11) is 0. The van der Waals surface area contributed by atoms with Crippen LogP contribution in [0.1, 0.15) is 33.1 Å². The molecule has 0 aromatic rings. The fourth-order valence-corrected chi connectivity index (χ4v) is 2.65. The van der Waals surface area contributed by atoms with Crippen LogP contribution < -0.4 is 10.6 Å². The molecule has 2 aliphatic heterocycles. The molecule has 0 saturated carbocycles. The Hall–Kier alpha value is -0.320. The smallest absolute Gasteiger partial charge is 0.249 e. The van der Waals surface area contributed by atoms with Crippen LogP contribution in [-0.2, 0) is 9.53 Å². The number of ether oxygens (including phenoxy) is 1. The maximum atomic E-state index is 11.9. The lowest BCUT2D eigenvalue weighted by molar-refractivity contribution is -0.131. The fourth-order valence-electron chi connectivity index (χ4n) is 2.65. The number of nitrogens with one attached hydrogen (secondary N) is 2. The first-order valence-electron chi connectivity index (χ1n) is 6.34. The summed E-state index contributed by atoms with van der Waals surface area (Å²) in [6, 6.07) is 0.597. The molecule has 2 rings (SSSR count). The summed E-state index contributed by atoms with van der Waals surface area (Å²) in [5, 5.41) is 6.54. The molecule has 0 aromatic heterocycles. The summed E-state index contributed by atoms with van der Waals surface area (Å²) in [5.41, 5.74) is 0. The molecule has 100 valence electrons. The van der Waals surface area contributed by atoms with E-state index in [1.165, 1.54) is 0 Å². The molecule has 3 unspecified atom stereocenters. The Kier molecular flexibility index (Phi) is 5.70. The molecule has 2 N–H and O–H groups in total. The predicted octanol–water partition coefficient (Wildman–Crippen LogP) is 1.09. The molecule has 2 heterocycles. The van der Waals surface area contributed by atoms with Gasteiger partial charge in [0.05, 0.1) is 0 Å². The van der Waals surface area contributed by atoms with Crippen LogP contribution >= 0.6 is 12.4 Å². The first kappa shape index (κ1) is 14.7. The summed E-state index contributed by atoms with van der Waals surface area (Å²) < 4.78 is 5.39. The highest BCUT2D eigenvalue weighted by Crippen LogP contribution is 2.18. The molecule has 0 aromatic carbocycles. The Morgan fingerprint density at radius 2 is 2.12 bits per heavy atom. The van der Waals surface area contributed by atoms with Gasteiger partial charge in [0, 0.05) is 18.7 Å². The fraction of sp³-hybridized carbons (Fsp3) is 0.917. The number of rotatable bonds is 2. The van der Waals surface area contributed by atoms with Crippen molar-refractivity contribution >= 4 is 18.3 Å². The van der Waals surface area contributed by atoms with Gasteiger partial charge < -0.3 is 15.4 Å². The van der Waals surface area contributed by atoms with Gasteiger partial charge in [0.1, 0.15) is 6.10 Å². The van der Waals surface area contributed by atoms with Gasteiger partial charge in [-0.05, 0) is 38.6 Å². The SMILES string of the molecule is CC1CCNC(C)C1NC(=O)[C@@H]1CCCO1.Cl. The van der Waals surface area contributed by atoms with Crippen LogP contribution in [0.25, 0.3) is 0 Å². The Morgan fingerprint density at radius 3 is 2.71 bits per heavy atom. The predicted molar refractivity (Wildman–Crippen MR) is 69.4 cm³/mol. The second-order valence-electron chi connectivity index (χ2n) is 5.04. The number of amides is 1. The first-order chi connectivity index (χ1) is 7.68. The number of piperidine rings is 1. The average molecular weight is 263 g/mol. The summed E-state index contributed by atoms with van der Waals surface area (Å²) in [6.45, 7) is 6.12. The minimum atomic E-state index is -0.207. The van der Waals surface area contributed by atoms with Crippen molar-refractivity contribution in [3.63, 3.8) is 0 Å². The lowest BCUT2D eigenvalue weighted by Gasteiger charge is -2.36. The molecular weight excluding hydrogens is 240 g/mol. The van der Waals surface area contributed by atoms with Gasteiger partial charge in [0.2, 0.25) is 5.91 Å². The normalized spacial score (nSPS) is 37.3. The summed E-state index contributed by atoms with van der Waals surface area (Å²) in [4.78, 5) is 11.9. The third-order valence-electron chi connectivity index (χ3n) is 3.75. The van der Waals surface area contributed by atoms with E-state index in [2.05, 4.69) is 24.5 Å². The maximum Gasteiger partial charge on any atom is 0.249 e. The zero-order valence-corrected chi connectivity index (χ0v) is 11.4. The number of halogens is 1. The summed E-state index contributed by atoms with van der Waals surface area (Å²) >= 11 is 0. The number of carbonyl (C=O) groups is 1. The molecule has 4 atom stereocenters.